The summed E-state index contributed by atoms with van der Waals surface area (Å²) in [5, 5.41) is 7.09. The summed E-state index contributed by atoms with van der Waals surface area (Å²) in [7, 11) is 0. The van der Waals surface area contributed by atoms with Crippen LogP contribution < -0.4 is 0 Å². The van der Waals surface area contributed by atoms with Gasteiger partial charge in [-0.1, -0.05) is 140 Å². The van der Waals surface area contributed by atoms with Gasteiger partial charge in [-0.25, -0.2) is 15.0 Å². The van der Waals surface area contributed by atoms with E-state index in [1.165, 1.54) is 47.7 Å². The number of hydrogen-bond donors (Lipinski definition) is 0. The lowest BCUT2D eigenvalue weighted by molar-refractivity contribution is 0.670. The van der Waals surface area contributed by atoms with Crippen LogP contribution in [0.3, 0.4) is 0 Å². The van der Waals surface area contributed by atoms with Crippen molar-refractivity contribution >= 4 is 75.3 Å². The molecule has 4 aromatic heterocycles. The summed E-state index contributed by atoms with van der Waals surface area (Å²) in [5.74, 6) is 1.85. The van der Waals surface area contributed by atoms with Crippen LogP contribution in [-0.2, 0) is 0 Å². The third-order valence-electron chi connectivity index (χ3n) is 11.1. The first-order chi connectivity index (χ1) is 28.3. The summed E-state index contributed by atoms with van der Waals surface area (Å²) in [5.41, 5.74) is 10.1. The highest BCUT2D eigenvalue weighted by atomic mass is 32.1. The molecule has 266 valence electrons. The second kappa shape index (κ2) is 12.6. The van der Waals surface area contributed by atoms with Gasteiger partial charge in [0, 0.05) is 64.0 Å². The standard InChI is InChI=1S/C51H30N4OS/c1-3-14-31(15-4-1)49-52-50(32-16-5-2-6-17-32)54-51(53-49)33-28-29-36-38-21-11-22-39(48(38)56-43(36)30-33)37-20-12-26-44-46(37)47-42(25-13-27-45(47)57-44)55-40-23-9-7-18-34(40)35-19-8-10-24-41(35)55/h1-30H. The van der Waals surface area contributed by atoms with Gasteiger partial charge in [-0.15, -0.1) is 11.3 Å². The van der Waals surface area contributed by atoms with Crippen LogP contribution in [0.5, 0.6) is 0 Å². The zero-order valence-electron chi connectivity index (χ0n) is 30.4. The van der Waals surface area contributed by atoms with Gasteiger partial charge in [0.2, 0.25) is 0 Å². The molecule has 8 aromatic carbocycles. The van der Waals surface area contributed by atoms with Gasteiger partial charge in [-0.3, -0.25) is 0 Å². The lowest BCUT2D eigenvalue weighted by atomic mass is 9.97. The van der Waals surface area contributed by atoms with Crippen LogP contribution in [-0.4, -0.2) is 19.5 Å². The van der Waals surface area contributed by atoms with Gasteiger partial charge in [0.05, 0.1) is 16.7 Å². The molecule has 0 saturated carbocycles. The number of nitrogens with zero attached hydrogens (tertiary/aromatic N) is 4. The second-order valence-electron chi connectivity index (χ2n) is 14.3. The molecule has 5 nitrogen and oxygen atoms in total. The van der Waals surface area contributed by atoms with Crippen LogP contribution in [0.15, 0.2) is 186 Å². The topological polar surface area (TPSA) is 56.7 Å². The fraction of sp³-hybridized carbons (Fsp3) is 0. The van der Waals surface area contributed by atoms with Crippen molar-refractivity contribution in [3.05, 3.63) is 182 Å². The molecule has 0 aliphatic carbocycles. The molecule has 0 fully saturated rings. The van der Waals surface area contributed by atoms with E-state index >= 15 is 0 Å². The molecule has 0 aliphatic heterocycles. The predicted molar refractivity (Wildman–Crippen MR) is 236 cm³/mol. The normalized spacial score (nSPS) is 11.9. The first-order valence-corrected chi connectivity index (χ1v) is 19.8. The quantitative estimate of drug-likeness (QED) is 0.176. The van der Waals surface area contributed by atoms with E-state index in [1.54, 1.807) is 0 Å². The number of furan rings is 1. The van der Waals surface area contributed by atoms with E-state index in [0.717, 1.165) is 49.8 Å². The SMILES string of the molecule is c1ccc(-c2nc(-c3ccccc3)nc(-c3ccc4c(c3)oc3c(-c5cccc6sc7cccc(-n8c9ccccc9c9ccccc98)c7c56)cccc34)n2)cc1. The molecule has 0 bridgehead atoms. The third kappa shape index (κ3) is 4.98. The molecule has 0 atom stereocenters. The molecule has 0 saturated heterocycles. The van der Waals surface area contributed by atoms with Crippen molar-refractivity contribution in [2.75, 3.05) is 0 Å². The smallest absolute Gasteiger partial charge is 0.164 e. The van der Waals surface area contributed by atoms with Crippen LogP contribution in [0.2, 0.25) is 0 Å². The molecule has 0 amide bonds. The Kier molecular flexibility index (Phi) is 7.03. The summed E-state index contributed by atoms with van der Waals surface area (Å²) in [6, 6.07) is 63.7. The van der Waals surface area contributed by atoms with Crippen LogP contribution in [0.1, 0.15) is 0 Å². The molecule has 0 aliphatic rings. The lowest BCUT2D eigenvalue weighted by Crippen LogP contribution is -2.00. The number of rotatable bonds is 5. The van der Waals surface area contributed by atoms with Gasteiger partial charge in [0.25, 0.3) is 0 Å². The minimum Gasteiger partial charge on any atom is -0.455 e. The van der Waals surface area contributed by atoms with Crippen LogP contribution in [0.4, 0.5) is 0 Å². The Morgan fingerprint density at radius 3 is 1.63 bits per heavy atom. The highest BCUT2D eigenvalue weighted by molar-refractivity contribution is 7.26. The molecule has 4 heterocycles. The van der Waals surface area contributed by atoms with Crippen molar-refractivity contribution in [1.29, 1.82) is 0 Å². The molecule has 0 spiro atoms. The molecule has 12 aromatic rings. The minimum absolute atomic E-state index is 0.595. The van der Waals surface area contributed by atoms with E-state index in [0.29, 0.717) is 17.5 Å². The minimum atomic E-state index is 0.595. The Hall–Kier alpha value is -7.41. The number of hydrogen-bond acceptors (Lipinski definition) is 5. The van der Waals surface area contributed by atoms with Crippen molar-refractivity contribution < 1.29 is 4.42 Å². The fourth-order valence-electron chi connectivity index (χ4n) is 8.53. The van der Waals surface area contributed by atoms with Crippen molar-refractivity contribution in [2.45, 2.75) is 0 Å². The Morgan fingerprint density at radius 1 is 0.404 bits per heavy atom. The maximum Gasteiger partial charge on any atom is 0.164 e. The highest BCUT2D eigenvalue weighted by Gasteiger charge is 2.21. The van der Waals surface area contributed by atoms with Crippen molar-refractivity contribution in [2.24, 2.45) is 0 Å². The summed E-state index contributed by atoms with van der Waals surface area (Å²) in [6.07, 6.45) is 0. The Bertz CT molecular complexity index is 3420. The molecule has 12 rings (SSSR count). The van der Waals surface area contributed by atoms with E-state index < -0.39 is 0 Å². The average Bonchev–Trinajstić information content (AvgIpc) is 3.96. The third-order valence-corrected chi connectivity index (χ3v) is 12.2. The van der Waals surface area contributed by atoms with E-state index in [4.69, 9.17) is 19.4 Å². The molecular formula is C51H30N4OS. The highest BCUT2D eigenvalue weighted by Crippen LogP contribution is 2.46. The first kappa shape index (κ1) is 31.9. The number of aromatic nitrogens is 4. The number of fused-ring (bicyclic) bond motifs is 9. The molecule has 57 heavy (non-hydrogen) atoms. The van der Waals surface area contributed by atoms with Gasteiger partial charge in [-0.2, -0.15) is 0 Å². The van der Waals surface area contributed by atoms with Gasteiger partial charge in [0.1, 0.15) is 11.2 Å². The Morgan fingerprint density at radius 2 is 0.947 bits per heavy atom. The van der Waals surface area contributed by atoms with Gasteiger partial charge >= 0.3 is 0 Å². The number of thiophene rings is 1. The monoisotopic (exact) mass is 746 g/mol. The zero-order valence-corrected chi connectivity index (χ0v) is 31.2. The van der Waals surface area contributed by atoms with Gasteiger partial charge in [-0.05, 0) is 48.0 Å². The molecular weight excluding hydrogens is 717 g/mol. The second-order valence-corrected chi connectivity index (χ2v) is 15.4. The zero-order chi connectivity index (χ0) is 37.5. The maximum atomic E-state index is 6.91. The fourth-order valence-corrected chi connectivity index (χ4v) is 9.68. The molecule has 0 radical (unpaired) electrons. The molecule has 0 unspecified atom stereocenters. The van der Waals surface area contributed by atoms with Crippen LogP contribution in [0.25, 0.3) is 115 Å². The summed E-state index contributed by atoms with van der Waals surface area (Å²) in [6.45, 7) is 0. The number of para-hydroxylation sites is 3. The van der Waals surface area contributed by atoms with Crippen LogP contribution in [0, 0.1) is 0 Å². The van der Waals surface area contributed by atoms with E-state index in [2.05, 4.69) is 126 Å². The van der Waals surface area contributed by atoms with Gasteiger partial charge in [0.15, 0.2) is 17.5 Å². The number of benzene rings is 8. The summed E-state index contributed by atoms with van der Waals surface area (Å²) < 4.78 is 11.8. The molecule has 6 heteroatoms. The first-order valence-electron chi connectivity index (χ1n) is 19.0. The van der Waals surface area contributed by atoms with Crippen molar-refractivity contribution in [3.8, 4) is 51.0 Å². The summed E-state index contributed by atoms with van der Waals surface area (Å²) >= 11 is 1.84. The largest absolute Gasteiger partial charge is 0.455 e. The Balaban J connectivity index is 1.06. The molecule has 0 N–H and O–H groups in total. The van der Waals surface area contributed by atoms with Crippen molar-refractivity contribution in [1.82, 2.24) is 19.5 Å². The van der Waals surface area contributed by atoms with E-state index in [1.807, 2.05) is 72.0 Å². The van der Waals surface area contributed by atoms with Crippen LogP contribution >= 0.6 is 11.3 Å². The van der Waals surface area contributed by atoms with E-state index in [-0.39, 0.29) is 0 Å². The summed E-state index contributed by atoms with van der Waals surface area (Å²) in [4.78, 5) is 14.9. The Labute approximate surface area is 330 Å². The van der Waals surface area contributed by atoms with Crippen molar-refractivity contribution in [3.63, 3.8) is 0 Å². The maximum absolute atomic E-state index is 6.91. The average molecular weight is 747 g/mol. The van der Waals surface area contributed by atoms with Gasteiger partial charge < -0.3 is 8.98 Å². The lowest BCUT2D eigenvalue weighted by Gasteiger charge is -2.12. The van der Waals surface area contributed by atoms with E-state index in [9.17, 15) is 0 Å². The predicted octanol–water partition coefficient (Wildman–Crippen LogP) is 13.9.